The Morgan fingerprint density at radius 2 is 2.12 bits per heavy atom. The smallest absolute Gasteiger partial charge is 0.128 e. The fraction of sp³-hybridized carbons (Fsp3) is 0.385. The number of rotatable bonds is 4. The molecule has 1 aromatic rings. The van der Waals surface area contributed by atoms with E-state index < -0.39 is 0 Å². The van der Waals surface area contributed by atoms with E-state index in [-0.39, 0.29) is 19.0 Å². The molecule has 4 heteroatoms. The Bertz CT molecular complexity index is 423. The van der Waals surface area contributed by atoms with Crippen LogP contribution in [-0.2, 0) is 6.54 Å². The molecule has 0 aromatic heterocycles. The van der Waals surface area contributed by atoms with E-state index in [1.54, 1.807) is 12.1 Å². The number of likely N-dealkylation sites (N-methyl/N-ethyl adjacent to an activating group) is 1. The third-order valence-corrected chi connectivity index (χ3v) is 2.29. The lowest BCUT2D eigenvalue weighted by atomic mass is 10.1. The van der Waals surface area contributed by atoms with Gasteiger partial charge in [-0.1, -0.05) is 17.9 Å². The van der Waals surface area contributed by atoms with Crippen LogP contribution in [0.2, 0.25) is 0 Å². The zero-order chi connectivity index (χ0) is 12.7. The molecule has 17 heavy (non-hydrogen) atoms. The minimum absolute atomic E-state index is 0.0537. The highest BCUT2D eigenvalue weighted by Crippen LogP contribution is 2.11. The van der Waals surface area contributed by atoms with Gasteiger partial charge in [-0.3, -0.25) is 4.90 Å². The summed E-state index contributed by atoms with van der Waals surface area (Å²) in [6.07, 6.45) is 0. The van der Waals surface area contributed by atoms with Crippen LogP contribution in [-0.4, -0.2) is 41.9 Å². The normalized spacial score (nSPS) is 10.2. The molecule has 0 saturated heterocycles. The number of hydrogen-bond acceptors (Lipinski definition) is 3. The van der Waals surface area contributed by atoms with Crippen LogP contribution in [0.5, 0.6) is 0 Å². The van der Waals surface area contributed by atoms with Gasteiger partial charge in [0.1, 0.15) is 12.4 Å². The molecule has 92 valence electrons. The standard InChI is InChI=1S/C13H16FNO2/c1-15(6-8-17)10-12-5-4-11(3-2-7-16)9-13(12)14/h4-5,9,16-17H,6-8,10H2,1H3. The van der Waals surface area contributed by atoms with Gasteiger partial charge in [0.25, 0.3) is 0 Å². The molecule has 0 saturated carbocycles. The summed E-state index contributed by atoms with van der Waals surface area (Å²) in [5.74, 6) is 4.80. The van der Waals surface area contributed by atoms with Gasteiger partial charge in [0.15, 0.2) is 0 Å². The van der Waals surface area contributed by atoms with E-state index in [1.165, 1.54) is 6.07 Å². The molecule has 3 nitrogen and oxygen atoms in total. The van der Waals surface area contributed by atoms with Crippen molar-refractivity contribution in [2.24, 2.45) is 0 Å². The summed E-state index contributed by atoms with van der Waals surface area (Å²) < 4.78 is 13.7. The first-order chi connectivity index (χ1) is 8.17. The second-order valence-electron chi connectivity index (χ2n) is 3.73. The van der Waals surface area contributed by atoms with Crippen molar-refractivity contribution in [1.82, 2.24) is 4.90 Å². The van der Waals surface area contributed by atoms with Gasteiger partial charge < -0.3 is 10.2 Å². The molecule has 0 unspecified atom stereocenters. The SMILES string of the molecule is CN(CCO)Cc1ccc(C#CCO)cc1F. The molecule has 0 bridgehead atoms. The Hall–Kier alpha value is -1.41. The van der Waals surface area contributed by atoms with Crippen molar-refractivity contribution >= 4 is 0 Å². The van der Waals surface area contributed by atoms with Crippen LogP contribution >= 0.6 is 0 Å². The molecule has 2 N–H and O–H groups in total. The van der Waals surface area contributed by atoms with Gasteiger partial charge >= 0.3 is 0 Å². The van der Waals surface area contributed by atoms with Gasteiger partial charge in [0.05, 0.1) is 6.61 Å². The molecule has 0 amide bonds. The number of halogens is 1. The molecule has 1 rings (SSSR count). The fourth-order valence-electron chi connectivity index (χ4n) is 1.44. The molecule has 0 aliphatic heterocycles. The van der Waals surface area contributed by atoms with Crippen LogP contribution in [0.25, 0.3) is 0 Å². The molecule has 0 aliphatic rings. The van der Waals surface area contributed by atoms with Crippen molar-refractivity contribution in [3.63, 3.8) is 0 Å². The van der Waals surface area contributed by atoms with Gasteiger partial charge in [-0.2, -0.15) is 0 Å². The maximum atomic E-state index is 13.7. The zero-order valence-electron chi connectivity index (χ0n) is 9.78. The lowest BCUT2D eigenvalue weighted by Crippen LogP contribution is -2.22. The maximum absolute atomic E-state index is 13.7. The molecule has 1 aromatic carbocycles. The van der Waals surface area contributed by atoms with Crippen molar-refractivity contribution in [1.29, 1.82) is 0 Å². The predicted octanol–water partition coefficient (Wildman–Crippen LogP) is 0.594. The molecule has 0 aliphatic carbocycles. The molecule has 0 atom stereocenters. The van der Waals surface area contributed by atoms with Crippen molar-refractivity contribution in [2.45, 2.75) is 6.54 Å². The van der Waals surface area contributed by atoms with Gasteiger partial charge in [0, 0.05) is 24.2 Å². The summed E-state index contributed by atoms with van der Waals surface area (Å²) in [7, 11) is 1.81. The quantitative estimate of drug-likeness (QED) is 0.753. The molecule has 0 spiro atoms. The van der Waals surface area contributed by atoms with Crippen LogP contribution in [0.3, 0.4) is 0 Å². The summed E-state index contributed by atoms with van der Waals surface area (Å²) in [5, 5.41) is 17.3. The molecule has 0 fully saturated rings. The highest BCUT2D eigenvalue weighted by Gasteiger charge is 2.05. The lowest BCUT2D eigenvalue weighted by molar-refractivity contribution is 0.216. The van der Waals surface area contributed by atoms with Gasteiger partial charge in [-0.05, 0) is 19.2 Å². The van der Waals surface area contributed by atoms with E-state index in [9.17, 15) is 4.39 Å². The first-order valence-corrected chi connectivity index (χ1v) is 5.35. The van der Waals surface area contributed by atoms with Crippen LogP contribution in [0.1, 0.15) is 11.1 Å². The Labute approximate surface area is 100 Å². The van der Waals surface area contributed by atoms with Crippen LogP contribution < -0.4 is 0 Å². The van der Waals surface area contributed by atoms with E-state index in [2.05, 4.69) is 11.8 Å². The summed E-state index contributed by atoms with van der Waals surface area (Å²) in [4.78, 5) is 1.83. The molecule has 0 heterocycles. The molecule has 0 radical (unpaired) electrons. The van der Waals surface area contributed by atoms with Gasteiger partial charge in [0.2, 0.25) is 0 Å². The topological polar surface area (TPSA) is 43.7 Å². The van der Waals surface area contributed by atoms with Crippen molar-refractivity contribution in [3.8, 4) is 11.8 Å². The number of aliphatic hydroxyl groups is 2. The van der Waals surface area contributed by atoms with Gasteiger partial charge in [-0.15, -0.1) is 0 Å². The molecular weight excluding hydrogens is 221 g/mol. The number of benzene rings is 1. The minimum Gasteiger partial charge on any atom is -0.395 e. The van der Waals surface area contributed by atoms with Crippen LogP contribution in [0.15, 0.2) is 18.2 Å². The Balaban J connectivity index is 2.75. The van der Waals surface area contributed by atoms with E-state index in [0.717, 1.165) is 0 Å². The van der Waals surface area contributed by atoms with E-state index in [0.29, 0.717) is 24.2 Å². The largest absolute Gasteiger partial charge is 0.395 e. The average Bonchev–Trinajstić information content (AvgIpc) is 2.30. The summed E-state index contributed by atoms with van der Waals surface area (Å²) >= 11 is 0. The van der Waals surface area contributed by atoms with Crippen molar-refractivity contribution < 1.29 is 14.6 Å². The second kappa shape index (κ2) is 7.02. The highest BCUT2D eigenvalue weighted by molar-refractivity contribution is 5.37. The first kappa shape index (κ1) is 13.7. The number of nitrogens with zero attached hydrogens (tertiary/aromatic N) is 1. The third-order valence-electron chi connectivity index (χ3n) is 2.29. The van der Waals surface area contributed by atoms with Crippen molar-refractivity contribution in [2.75, 3.05) is 26.8 Å². The fourth-order valence-corrected chi connectivity index (χ4v) is 1.44. The van der Waals surface area contributed by atoms with Gasteiger partial charge in [-0.25, -0.2) is 4.39 Å². The minimum atomic E-state index is -0.320. The summed E-state index contributed by atoms with van der Waals surface area (Å²) in [5.41, 5.74) is 1.11. The van der Waals surface area contributed by atoms with E-state index >= 15 is 0 Å². The Kier molecular flexibility index (Phi) is 5.64. The summed E-state index contributed by atoms with van der Waals surface area (Å²) in [6, 6.07) is 4.74. The maximum Gasteiger partial charge on any atom is 0.128 e. The molecular formula is C13H16FNO2. The second-order valence-corrected chi connectivity index (χ2v) is 3.73. The van der Waals surface area contributed by atoms with Crippen LogP contribution in [0.4, 0.5) is 4.39 Å². The lowest BCUT2D eigenvalue weighted by Gasteiger charge is -2.15. The van der Waals surface area contributed by atoms with Crippen LogP contribution in [0, 0.1) is 17.7 Å². The predicted molar refractivity (Wildman–Crippen MR) is 63.8 cm³/mol. The average molecular weight is 237 g/mol. The van der Waals surface area contributed by atoms with E-state index in [1.807, 2.05) is 11.9 Å². The highest BCUT2D eigenvalue weighted by atomic mass is 19.1. The first-order valence-electron chi connectivity index (χ1n) is 5.35. The van der Waals surface area contributed by atoms with Crippen molar-refractivity contribution in [3.05, 3.63) is 35.1 Å². The van der Waals surface area contributed by atoms with E-state index in [4.69, 9.17) is 10.2 Å². The number of hydrogen-bond donors (Lipinski definition) is 2. The summed E-state index contributed by atoms with van der Waals surface area (Å²) in [6.45, 7) is 0.770. The number of aliphatic hydroxyl groups excluding tert-OH is 2. The Morgan fingerprint density at radius 1 is 1.35 bits per heavy atom. The zero-order valence-corrected chi connectivity index (χ0v) is 9.78. The monoisotopic (exact) mass is 237 g/mol. The Morgan fingerprint density at radius 3 is 2.71 bits per heavy atom. The third kappa shape index (κ3) is 4.53.